The van der Waals surface area contributed by atoms with Crippen LogP contribution in [0.1, 0.15) is 15.9 Å². The minimum atomic E-state index is -0.223. The molecule has 0 aliphatic carbocycles. The van der Waals surface area contributed by atoms with E-state index >= 15 is 0 Å². The Morgan fingerprint density at radius 1 is 1.14 bits per heavy atom. The first-order valence-electron chi connectivity index (χ1n) is 6.51. The average Bonchev–Trinajstić information content (AvgIpc) is 3.04. The molecule has 3 aromatic rings. The third-order valence-corrected chi connectivity index (χ3v) is 3.04. The normalized spacial score (nSPS) is 10.3. The van der Waals surface area contributed by atoms with Gasteiger partial charge in [0.15, 0.2) is 0 Å². The molecule has 0 radical (unpaired) electrons. The van der Waals surface area contributed by atoms with Crippen LogP contribution in [0.15, 0.2) is 65.6 Å². The molecule has 0 bridgehead atoms. The van der Waals surface area contributed by atoms with Crippen LogP contribution in [-0.4, -0.2) is 16.0 Å². The van der Waals surface area contributed by atoms with Crippen LogP contribution in [-0.2, 0) is 6.54 Å². The number of nitrogens with one attached hydrogen (secondary N) is 1. The summed E-state index contributed by atoms with van der Waals surface area (Å²) in [5.41, 5.74) is 2.74. The van der Waals surface area contributed by atoms with Crippen LogP contribution in [0, 0.1) is 0 Å². The van der Waals surface area contributed by atoms with Crippen LogP contribution in [0.5, 0.6) is 0 Å². The topological polar surface area (TPSA) is 68.0 Å². The van der Waals surface area contributed by atoms with Crippen molar-refractivity contribution in [2.24, 2.45) is 0 Å². The molecule has 0 saturated carbocycles. The van der Waals surface area contributed by atoms with E-state index in [2.05, 4.69) is 15.5 Å². The molecule has 0 atom stereocenters. The van der Waals surface area contributed by atoms with Crippen LogP contribution in [0.4, 0.5) is 0 Å². The van der Waals surface area contributed by atoms with Crippen LogP contribution >= 0.6 is 0 Å². The van der Waals surface area contributed by atoms with Crippen molar-refractivity contribution in [2.45, 2.75) is 6.54 Å². The highest BCUT2D eigenvalue weighted by atomic mass is 16.5. The Balaban J connectivity index is 1.76. The van der Waals surface area contributed by atoms with Crippen molar-refractivity contribution in [3.63, 3.8) is 0 Å². The Kier molecular flexibility index (Phi) is 3.73. The van der Waals surface area contributed by atoms with E-state index in [0.29, 0.717) is 17.8 Å². The Hall–Kier alpha value is -2.95. The van der Waals surface area contributed by atoms with Crippen LogP contribution in [0.25, 0.3) is 11.3 Å². The molecule has 0 aliphatic heterocycles. The smallest absolute Gasteiger partial charge is 0.257 e. The second kappa shape index (κ2) is 6.00. The van der Waals surface area contributed by atoms with Crippen molar-refractivity contribution in [3.05, 3.63) is 72.2 Å². The fraction of sp³-hybridized carbons (Fsp3) is 0.0625. The lowest BCUT2D eigenvalue weighted by molar-refractivity contribution is 0.0951. The van der Waals surface area contributed by atoms with Gasteiger partial charge in [-0.1, -0.05) is 41.6 Å². The number of rotatable bonds is 4. The van der Waals surface area contributed by atoms with Gasteiger partial charge in [-0.25, -0.2) is 0 Å². The lowest BCUT2D eigenvalue weighted by atomic mass is 10.1. The fourth-order valence-corrected chi connectivity index (χ4v) is 1.98. The summed E-state index contributed by atoms with van der Waals surface area (Å²) in [7, 11) is 0. The van der Waals surface area contributed by atoms with Gasteiger partial charge in [0.25, 0.3) is 5.91 Å². The molecular weight excluding hydrogens is 266 g/mol. The highest BCUT2D eigenvalue weighted by molar-refractivity contribution is 5.99. The van der Waals surface area contributed by atoms with E-state index in [1.807, 2.05) is 42.5 Å². The molecule has 0 saturated heterocycles. The molecule has 104 valence electrons. The summed E-state index contributed by atoms with van der Waals surface area (Å²) in [5, 5.41) is 6.75. The summed E-state index contributed by atoms with van der Waals surface area (Å²) in [6.07, 6.45) is 4.77. The Morgan fingerprint density at radius 2 is 2.00 bits per heavy atom. The predicted molar refractivity (Wildman–Crippen MR) is 77.3 cm³/mol. The SMILES string of the molecule is O=C(NCc1cccnc1)c1conc1-c1ccccc1. The molecule has 5 nitrogen and oxygen atoms in total. The van der Waals surface area contributed by atoms with Gasteiger partial charge in [0, 0.05) is 24.5 Å². The minimum absolute atomic E-state index is 0.223. The largest absolute Gasteiger partial charge is 0.363 e. The molecular formula is C16H13N3O2. The second-order valence-corrected chi connectivity index (χ2v) is 4.49. The van der Waals surface area contributed by atoms with Crippen LogP contribution < -0.4 is 5.32 Å². The maximum Gasteiger partial charge on any atom is 0.257 e. The van der Waals surface area contributed by atoms with Crippen molar-refractivity contribution in [3.8, 4) is 11.3 Å². The first-order chi connectivity index (χ1) is 10.3. The molecule has 3 rings (SSSR count). The van der Waals surface area contributed by atoms with Gasteiger partial charge in [-0.05, 0) is 11.6 Å². The summed E-state index contributed by atoms with van der Waals surface area (Å²) < 4.78 is 4.95. The lowest BCUT2D eigenvalue weighted by Crippen LogP contribution is -2.23. The fourth-order valence-electron chi connectivity index (χ4n) is 1.98. The van der Waals surface area contributed by atoms with Gasteiger partial charge >= 0.3 is 0 Å². The lowest BCUT2D eigenvalue weighted by Gasteiger charge is -2.04. The molecule has 1 N–H and O–H groups in total. The van der Waals surface area contributed by atoms with Crippen molar-refractivity contribution in [1.29, 1.82) is 0 Å². The van der Waals surface area contributed by atoms with Gasteiger partial charge in [0.1, 0.15) is 17.5 Å². The maximum atomic E-state index is 12.2. The van der Waals surface area contributed by atoms with Gasteiger partial charge in [0.05, 0.1) is 0 Å². The van der Waals surface area contributed by atoms with Crippen LogP contribution in [0.3, 0.4) is 0 Å². The summed E-state index contributed by atoms with van der Waals surface area (Å²) in [6, 6.07) is 13.2. The molecule has 0 unspecified atom stereocenters. The summed E-state index contributed by atoms with van der Waals surface area (Å²) in [6.45, 7) is 0.409. The molecule has 0 spiro atoms. The summed E-state index contributed by atoms with van der Waals surface area (Å²) >= 11 is 0. The van der Waals surface area contributed by atoms with Gasteiger partial charge in [-0.2, -0.15) is 0 Å². The van der Waals surface area contributed by atoms with Crippen molar-refractivity contribution in [1.82, 2.24) is 15.5 Å². The molecule has 2 heterocycles. The number of aromatic nitrogens is 2. The standard InChI is InChI=1S/C16H13N3O2/c20-16(18-10-12-5-4-8-17-9-12)14-11-21-19-15(14)13-6-2-1-3-7-13/h1-9,11H,10H2,(H,18,20). The molecule has 2 aromatic heterocycles. The van der Waals surface area contributed by atoms with Crippen molar-refractivity contribution < 1.29 is 9.32 Å². The third kappa shape index (κ3) is 2.97. The van der Waals surface area contributed by atoms with Crippen molar-refractivity contribution in [2.75, 3.05) is 0 Å². The maximum absolute atomic E-state index is 12.2. The van der Waals surface area contributed by atoms with Gasteiger partial charge in [-0.3, -0.25) is 9.78 Å². The monoisotopic (exact) mass is 279 g/mol. The highest BCUT2D eigenvalue weighted by Gasteiger charge is 2.16. The van der Waals surface area contributed by atoms with Crippen LogP contribution in [0.2, 0.25) is 0 Å². The molecule has 1 aromatic carbocycles. The third-order valence-electron chi connectivity index (χ3n) is 3.04. The molecule has 21 heavy (non-hydrogen) atoms. The molecule has 5 heteroatoms. The first-order valence-corrected chi connectivity index (χ1v) is 6.51. The Labute approximate surface area is 121 Å². The zero-order valence-electron chi connectivity index (χ0n) is 11.2. The Bertz CT molecular complexity index is 724. The average molecular weight is 279 g/mol. The molecule has 0 fully saturated rings. The minimum Gasteiger partial charge on any atom is -0.363 e. The predicted octanol–water partition coefficient (Wildman–Crippen LogP) is 2.67. The number of nitrogens with zero attached hydrogens (tertiary/aromatic N) is 2. The van der Waals surface area contributed by atoms with E-state index in [1.54, 1.807) is 12.4 Å². The van der Waals surface area contributed by atoms with E-state index in [-0.39, 0.29) is 5.91 Å². The number of carbonyl (C=O) groups excluding carboxylic acids is 1. The van der Waals surface area contributed by atoms with E-state index in [9.17, 15) is 4.79 Å². The molecule has 1 amide bonds. The van der Waals surface area contributed by atoms with Gasteiger partial charge in [-0.15, -0.1) is 0 Å². The number of hydrogen-bond donors (Lipinski definition) is 1. The number of amides is 1. The highest BCUT2D eigenvalue weighted by Crippen LogP contribution is 2.21. The zero-order chi connectivity index (χ0) is 14.5. The second-order valence-electron chi connectivity index (χ2n) is 4.49. The quantitative estimate of drug-likeness (QED) is 0.797. The van der Waals surface area contributed by atoms with E-state index < -0.39 is 0 Å². The summed E-state index contributed by atoms with van der Waals surface area (Å²) in [5.74, 6) is -0.223. The number of hydrogen-bond acceptors (Lipinski definition) is 4. The van der Waals surface area contributed by atoms with Gasteiger partial charge < -0.3 is 9.84 Å². The zero-order valence-corrected chi connectivity index (χ0v) is 11.2. The number of carbonyl (C=O) groups is 1. The Morgan fingerprint density at radius 3 is 2.76 bits per heavy atom. The van der Waals surface area contributed by atoms with E-state index in [1.165, 1.54) is 6.26 Å². The van der Waals surface area contributed by atoms with E-state index in [4.69, 9.17) is 4.52 Å². The summed E-state index contributed by atoms with van der Waals surface area (Å²) in [4.78, 5) is 16.3. The van der Waals surface area contributed by atoms with Crippen molar-refractivity contribution >= 4 is 5.91 Å². The number of benzene rings is 1. The number of pyridine rings is 1. The first kappa shape index (κ1) is 13.1. The molecule has 0 aliphatic rings. The van der Waals surface area contributed by atoms with Gasteiger partial charge in [0.2, 0.25) is 0 Å². The van der Waals surface area contributed by atoms with E-state index in [0.717, 1.165) is 11.1 Å².